The highest BCUT2D eigenvalue weighted by atomic mass is 19.3. The second-order valence-electron chi connectivity index (χ2n) is 2.69. The van der Waals surface area contributed by atoms with Crippen LogP contribution in [0.25, 0.3) is 6.08 Å². The quantitative estimate of drug-likeness (QED) is 0.724. The van der Waals surface area contributed by atoms with Crippen molar-refractivity contribution < 1.29 is 18.3 Å². The average molecular weight is 213 g/mol. The molecule has 1 aromatic heterocycles. The van der Waals surface area contributed by atoms with Crippen molar-refractivity contribution in [1.82, 2.24) is 4.98 Å². The standard InChI is InChI=1S/C10H9F2NO2/c1-3-8-7(9(11)12)4-6(5-13-8)10(14)15-2/h3-5,9H,1H2,2H3. The molecule has 0 aliphatic carbocycles. The molecule has 15 heavy (non-hydrogen) atoms. The van der Waals surface area contributed by atoms with Gasteiger partial charge in [-0.25, -0.2) is 13.6 Å². The molecule has 0 atom stereocenters. The molecule has 5 heteroatoms. The van der Waals surface area contributed by atoms with Gasteiger partial charge in [0.15, 0.2) is 0 Å². The van der Waals surface area contributed by atoms with Gasteiger partial charge in [-0.15, -0.1) is 0 Å². The monoisotopic (exact) mass is 213 g/mol. The number of nitrogens with zero attached hydrogens (tertiary/aromatic N) is 1. The van der Waals surface area contributed by atoms with Gasteiger partial charge in [0.2, 0.25) is 0 Å². The van der Waals surface area contributed by atoms with Crippen molar-refractivity contribution in [2.24, 2.45) is 0 Å². The minimum atomic E-state index is -2.70. The van der Waals surface area contributed by atoms with E-state index in [1.807, 2.05) is 0 Å². The summed E-state index contributed by atoms with van der Waals surface area (Å²) < 4.78 is 29.4. The molecule has 0 amide bonds. The number of pyridine rings is 1. The highest BCUT2D eigenvalue weighted by molar-refractivity contribution is 5.89. The topological polar surface area (TPSA) is 39.2 Å². The van der Waals surface area contributed by atoms with Crippen LogP contribution in [0.15, 0.2) is 18.8 Å². The number of aromatic nitrogens is 1. The fourth-order valence-corrected chi connectivity index (χ4v) is 1.07. The van der Waals surface area contributed by atoms with Crippen molar-refractivity contribution in [1.29, 1.82) is 0 Å². The molecule has 0 saturated heterocycles. The van der Waals surface area contributed by atoms with Gasteiger partial charge >= 0.3 is 5.97 Å². The molecule has 1 aromatic rings. The van der Waals surface area contributed by atoms with Gasteiger partial charge in [0.1, 0.15) is 0 Å². The minimum absolute atomic E-state index is 0.00148. The molecule has 0 spiro atoms. The van der Waals surface area contributed by atoms with Crippen molar-refractivity contribution in [2.75, 3.05) is 7.11 Å². The molecular weight excluding hydrogens is 204 g/mol. The first kappa shape index (κ1) is 11.3. The summed E-state index contributed by atoms with van der Waals surface area (Å²) in [6.07, 6.45) is -0.313. The fraction of sp³-hybridized carbons (Fsp3) is 0.200. The van der Waals surface area contributed by atoms with E-state index in [-0.39, 0.29) is 16.8 Å². The minimum Gasteiger partial charge on any atom is -0.465 e. The number of hydrogen-bond donors (Lipinski definition) is 0. The van der Waals surface area contributed by atoms with E-state index in [2.05, 4.69) is 16.3 Å². The van der Waals surface area contributed by atoms with Crippen molar-refractivity contribution in [2.45, 2.75) is 6.43 Å². The van der Waals surface area contributed by atoms with Crippen LogP contribution in [-0.4, -0.2) is 18.1 Å². The predicted octanol–water partition coefficient (Wildman–Crippen LogP) is 2.45. The molecule has 0 radical (unpaired) electrons. The number of carbonyl (C=O) groups is 1. The largest absolute Gasteiger partial charge is 0.465 e. The van der Waals surface area contributed by atoms with Gasteiger partial charge in [0.05, 0.1) is 18.4 Å². The van der Waals surface area contributed by atoms with Crippen LogP contribution in [0.3, 0.4) is 0 Å². The summed E-state index contributed by atoms with van der Waals surface area (Å²) in [5.74, 6) is -0.694. The maximum Gasteiger partial charge on any atom is 0.339 e. The summed E-state index contributed by atoms with van der Waals surface area (Å²) in [7, 11) is 1.17. The van der Waals surface area contributed by atoms with E-state index in [4.69, 9.17) is 0 Å². The number of rotatable bonds is 3. The maximum absolute atomic E-state index is 12.5. The van der Waals surface area contributed by atoms with Crippen LogP contribution in [0.4, 0.5) is 8.78 Å². The van der Waals surface area contributed by atoms with Crippen molar-refractivity contribution in [3.05, 3.63) is 35.7 Å². The van der Waals surface area contributed by atoms with E-state index in [1.165, 1.54) is 19.4 Å². The number of hydrogen-bond acceptors (Lipinski definition) is 3. The summed E-state index contributed by atoms with van der Waals surface area (Å²) in [4.78, 5) is 14.7. The molecular formula is C10H9F2NO2. The number of ether oxygens (including phenoxy) is 1. The molecule has 0 aliphatic rings. The zero-order chi connectivity index (χ0) is 11.4. The number of esters is 1. The third-order valence-electron chi connectivity index (χ3n) is 1.80. The van der Waals surface area contributed by atoms with Crippen LogP contribution in [0.1, 0.15) is 28.0 Å². The molecule has 0 aromatic carbocycles. The first-order valence-electron chi connectivity index (χ1n) is 4.09. The van der Waals surface area contributed by atoms with Crippen LogP contribution in [0, 0.1) is 0 Å². The SMILES string of the molecule is C=Cc1ncc(C(=O)OC)cc1C(F)F. The van der Waals surface area contributed by atoms with Gasteiger partial charge in [0.25, 0.3) is 6.43 Å². The first-order valence-corrected chi connectivity index (χ1v) is 4.09. The molecule has 1 heterocycles. The van der Waals surface area contributed by atoms with Crippen molar-refractivity contribution >= 4 is 12.0 Å². The van der Waals surface area contributed by atoms with Gasteiger partial charge in [-0.1, -0.05) is 6.58 Å². The second kappa shape index (κ2) is 4.63. The lowest BCUT2D eigenvalue weighted by molar-refractivity contribution is 0.0599. The molecule has 0 fully saturated rings. The Morgan fingerprint density at radius 3 is 2.80 bits per heavy atom. The van der Waals surface area contributed by atoms with Crippen LogP contribution in [0.5, 0.6) is 0 Å². The van der Waals surface area contributed by atoms with Gasteiger partial charge in [-0.3, -0.25) is 4.98 Å². The number of carbonyl (C=O) groups excluding carboxylic acids is 1. The molecule has 80 valence electrons. The Morgan fingerprint density at radius 2 is 2.33 bits per heavy atom. The zero-order valence-corrected chi connectivity index (χ0v) is 8.04. The van der Waals surface area contributed by atoms with E-state index in [0.717, 1.165) is 6.07 Å². The van der Waals surface area contributed by atoms with Crippen LogP contribution >= 0.6 is 0 Å². The van der Waals surface area contributed by atoms with Crippen molar-refractivity contribution in [3.8, 4) is 0 Å². The molecule has 0 bridgehead atoms. The second-order valence-corrected chi connectivity index (χ2v) is 2.69. The van der Waals surface area contributed by atoms with Gasteiger partial charge in [0, 0.05) is 11.8 Å². The lowest BCUT2D eigenvalue weighted by atomic mass is 10.1. The number of methoxy groups -OCH3 is 1. The normalized spacial score (nSPS) is 10.1. The summed E-state index contributed by atoms with van der Waals surface area (Å²) in [5.41, 5.74) is -0.260. The average Bonchev–Trinajstić information content (AvgIpc) is 2.27. The Labute approximate surface area is 85.4 Å². The van der Waals surface area contributed by atoms with Gasteiger partial charge in [-0.05, 0) is 12.1 Å². The van der Waals surface area contributed by atoms with Crippen LogP contribution in [0.2, 0.25) is 0 Å². The Kier molecular flexibility index (Phi) is 3.49. The fourth-order valence-electron chi connectivity index (χ4n) is 1.07. The van der Waals surface area contributed by atoms with E-state index in [1.54, 1.807) is 0 Å². The van der Waals surface area contributed by atoms with E-state index in [0.29, 0.717) is 0 Å². The molecule has 0 saturated carbocycles. The predicted molar refractivity (Wildman–Crippen MR) is 50.6 cm³/mol. The molecule has 0 unspecified atom stereocenters. The van der Waals surface area contributed by atoms with Crippen LogP contribution in [-0.2, 0) is 4.74 Å². The summed E-state index contributed by atoms with van der Waals surface area (Å²) >= 11 is 0. The molecule has 0 aliphatic heterocycles. The third-order valence-corrected chi connectivity index (χ3v) is 1.80. The lowest BCUT2D eigenvalue weighted by Gasteiger charge is -2.05. The molecule has 1 rings (SSSR count). The number of alkyl halides is 2. The highest BCUT2D eigenvalue weighted by Gasteiger charge is 2.16. The maximum atomic E-state index is 12.5. The zero-order valence-electron chi connectivity index (χ0n) is 8.04. The Bertz CT molecular complexity index is 391. The molecule has 3 nitrogen and oxygen atoms in total. The first-order chi connectivity index (χ1) is 7.10. The lowest BCUT2D eigenvalue weighted by Crippen LogP contribution is -2.04. The van der Waals surface area contributed by atoms with Crippen LogP contribution < -0.4 is 0 Å². The smallest absolute Gasteiger partial charge is 0.339 e. The van der Waals surface area contributed by atoms with E-state index in [9.17, 15) is 13.6 Å². The van der Waals surface area contributed by atoms with E-state index < -0.39 is 12.4 Å². The van der Waals surface area contributed by atoms with Gasteiger partial charge < -0.3 is 4.74 Å². The number of halogens is 2. The highest BCUT2D eigenvalue weighted by Crippen LogP contribution is 2.23. The summed E-state index contributed by atoms with van der Waals surface area (Å²) in [6.45, 7) is 3.36. The van der Waals surface area contributed by atoms with Crippen molar-refractivity contribution in [3.63, 3.8) is 0 Å². The van der Waals surface area contributed by atoms with Gasteiger partial charge in [-0.2, -0.15) is 0 Å². The Hall–Kier alpha value is -1.78. The third kappa shape index (κ3) is 2.37. The summed E-state index contributed by atoms with van der Waals surface area (Å²) in [5, 5.41) is 0. The molecule has 0 N–H and O–H groups in total. The Morgan fingerprint density at radius 1 is 1.67 bits per heavy atom. The summed E-state index contributed by atoms with van der Waals surface area (Å²) in [6, 6.07) is 1.06. The Balaban J connectivity index is 3.21. The van der Waals surface area contributed by atoms with E-state index >= 15 is 0 Å².